The summed E-state index contributed by atoms with van der Waals surface area (Å²) >= 11 is 1.56. The molecule has 2 aliphatic rings. The molecule has 1 aliphatic heterocycles. The molecule has 0 aromatic carbocycles. The van der Waals surface area contributed by atoms with Crippen molar-refractivity contribution in [3.63, 3.8) is 0 Å². The van der Waals surface area contributed by atoms with Gasteiger partial charge in [0.2, 0.25) is 5.13 Å². The van der Waals surface area contributed by atoms with E-state index in [0.29, 0.717) is 0 Å². The Morgan fingerprint density at radius 2 is 2.06 bits per heavy atom. The molecule has 4 nitrogen and oxygen atoms in total. The van der Waals surface area contributed by atoms with Crippen LogP contribution in [-0.4, -0.2) is 35.0 Å². The Morgan fingerprint density at radius 1 is 1.28 bits per heavy atom. The Balaban J connectivity index is 1.46. The SMILES string of the molecule is CCc1nsc(N2CCC(CNC3CC3)CC2)n1. The van der Waals surface area contributed by atoms with Crippen molar-refractivity contribution in [3.05, 3.63) is 5.82 Å². The Hall–Kier alpha value is -0.680. The minimum absolute atomic E-state index is 0.846. The molecule has 0 bridgehead atoms. The average Bonchev–Trinajstić information content (AvgIpc) is 3.12. The Kier molecular flexibility index (Phi) is 3.80. The predicted octanol–water partition coefficient (Wildman–Crippen LogP) is 2.07. The van der Waals surface area contributed by atoms with Crippen molar-refractivity contribution >= 4 is 16.7 Å². The maximum Gasteiger partial charge on any atom is 0.205 e. The zero-order chi connectivity index (χ0) is 12.4. The Labute approximate surface area is 113 Å². The van der Waals surface area contributed by atoms with Gasteiger partial charge in [0.15, 0.2) is 0 Å². The third-order valence-electron chi connectivity index (χ3n) is 3.93. The van der Waals surface area contributed by atoms with Crippen LogP contribution in [0.25, 0.3) is 0 Å². The lowest BCUT2D eigenvalue weighted by Gasteiger charge is -2.31. The molecule has 2 fully saturated rings. The van der Waals surface area contributed by atoms with Gasteiger partial charge in [-0.2, -0.15) is 4.37 Å². The van der Waals surface area contributed by atoms with Crippen LogP contribution in [0.3, 0.4) is 0 Å². The highest BCUT2D eigenvalue weighted by Gasteiger charge is 2.25. The molecule has 1 saturated heterocycles. The van der Waals surface area contributed by atoms with Gasteiger partial charge in [0.1, 0.15) is 5.82 Å². The zero-order valence-electron chi connectivity index (χ0n) is 11.1. The fourth-order valence-electron chi connectivity index (χ4n) is 2.47. The maximum atomic E-state index is 4.58. The molecule has 3 rings (SSSR count). The molecule has 0 radical (unpaired) electrons. The first-order valence-electron chi connectivity index (χ1n) is 7.16. The Morgan fingerprint density at radius 3 is 2.67 bits per heavy atom. The summed E-state index contributed by atoms with van der Waals surface area (Å²) in [6, 6.07) is 0.846. The molecule has 1 aliphatic carbocycles. The molecule has 2 heterocycles. The van der Waals surface area contributed by atoms with Crippen molar-refractivity contribution in [2.75, 3.05) is 24.5 Å². The van der Waals surface area contributed by atoms with Crippen molar-refractivity contribution in [1.29, 1.82) is 0 Å². The molecule has 0 spiro atoms. The Bertz CT molecular complexity index is 380. The second-order valence-electron chi connectivity index (χ2n) is 5.46. The van der Waals surface area contributed by atoms with Gasteiger partial charge >= 0.3 is 0 Å². The summed E-state index contributed by atoms with van der Waals surface area (Å²) in [5.74, 6) is 1.85. The van der Waals surface area contributed by atoms with Crippen molar-refractivity contribution in [2.24, 2.45) is 5.92 Å². The first-order valence-corrected chi connectivity index (χ1v) is 7.93. The summed E-state index contributed by atoms with van der Waals surface area (Å²) in [6.45, 7) is 5.63. The maximum absolute atomic E-state index is 4.58. The lowest BCUT2D eigenvalue weighted by atomic mass is 9.97. The predicted molar refractivity (Wildman–Crippen MR) is 75.2 cm³/mol. The molecule has 0 unspecified atom stereocenters. The van der Waals surface area contributed by atoms with Crippen LogP contribution in [0, 0.1) is 5.92 Å². The first kappa shape index (κ1) is 12.4. The molecule has 1 aromatic rings. The van der Waals surface area contributed by atoms with E-state index in [0.717, 1.165) is 42.4 Å². The molecular weight excluding hydrogens is 244 g/mol. The van der Waals surface area contributed by atoms with E-state index in [2.05, 4.69) is 26.5 Å². The van der Waals surface area contributed by atoms with Crippen molar-refractivity contribution in [2.45, 2.75) is 45.1 Å². The van der Waals surface area contributed by atoms with Gasteiger partial charge in [0, 0.05) is 37.1 Å². The van der Waals surface area contributed by atoms with Gasteiger partial charge in [-0.1, -0.05) is 6.92 Å². The van der Waals surface area contributed by atoms with Gasteiger partial charge in [-0.25, -0.2) is 4.98 Å². The molecule has 1 aromatic heterocycles. The standard InChI is InChI=1S/C13H22N4S/c1-2-12-15-13(18-16-12)17-7-5-10(6-8-17)9-14-11-3-4-11/h10-11,14H,2-9H2,1H3. The van der Waals surface area contributed by atoms with E-state index in [4.69, 9.17) is 0 Å². The summed E-state index contributed by atoms with van der Waals surface area (Å²) in [7, 11) is 0. The smallest absolute Gasteiger partial charge is 0.205 e. The highest BCUT2D eigenvalue weighted by molar-refractivity contribution is 7.09. The molecule has 5 heteroatoms. The monoisotopic (exact) mass is 266 g/mol. The molecule has 100 valence electrons. The topological polar surface area (TPSA) is 41.1 Å². The third-order valence-corrected chi connectivity index (χ3v) is 4.75. The lowest BCUT2D eigenvalue weighted by molar-refractivity contribution is 0.382. The van der Waals surface area contributed by atoms with Crippen LogP contribution < -0.4 is 10.2 Å². The number of nitrogens with zero attached hydrogens (tertiary/aromatic N) is 3. The fraction of sp³-hybridized carbons (Fsp3) is 0.846. The van der Waals surface area contributed by atoms with Crippen molar-refractivity contribution in [1.82, 2.24) is 14.7 Å². The number of piperidine rings is 1. The number of hydrogen-bond acceptors (Lipinski definition) is 5. The molecule has 0 atom stereocenters. The van der Waals surface area contributed by atoms with Crippen LogP contribution in [0.4, 0.5) is 5.13 Å². The largest absolute Gasteiger partial charge is 0.347 e. The second kappa shape index (κ2) is 5.53. The third kappa shape index (κ3) is 3.01. The van der Waals surface area contributed by atoms with Gasteiger partial charge in [-0.15, -0.1) is 0 Å². The summed E-state index contributed by atoms with van der Waals surface area (Å²) in [4.78, 5) is 6.99. The summed E-state index contributed by atoms with van der Waals surface area (Å²) < 4.78 is 4.37. The summed E-state index contributed by atoms with van der Waals surface area (Å²) in [6.07, 6.45) is 6.31. The number of aromatic nitrogens is 2. The molecule has 0 amide bonds. The second-order valence-corrected chi connectivity index (χ2v) is 6.19. The number of anilines is 1. The quantitative estimate of drug-likeness (QED) is 0.886. The van der Waals surface area contributed by atoms with E-state index in [1.807, 2.05) is 0 Å². The van der Waals surface area contributed by atoms with E-state index in [1.54, 1.807) is 11.5 Å². The first-order chi connectivity index (χ1) is 8.85. The molecule has 18 heavy (non-hydrogen) atoms. The van der Waals surface area contributed by atoms with Crippen LogP contribution in [0.2, 0.25) is 0 Å². The van der Waals surface area contributed by atoms with Gasteiger partial charge in [-0.05, 0) is 38.1 Å². The molecule has 1 N–H and O–H groups in total. The number of nitrogens with one attached hydrogen (secondary N) is 1. The van der Waals surface area contributed by atoms with E-state index in [9.17, 15) is 0 Å². The number of aryl methyl sites for hydroxylation is 1. The minimum atomic E-state index is 0.846. The number of hydrogen-bond donors (Lipinski definition) is 1. The van der Waals surface area contributed by atoms with Gasteiger partial charge < -0.3 is 10.2 Å². The summed E-state index contributed by atoms with van der Waals surface area (Å²) in [5.41, 5.74) is 0. The van der Waals surface area contributed by atoms with E-state index >= 15 is 0 Å². The summed E-state index contributed by atoms with van der Waals surface area (Å²) in [5, 5.41) is 4.78. The van der Waals surface area contributed by atoms with Gasteiger partial charge in [0.25, 0.3) is 0 Å². The van der Waals surface area contributed by atoms with Crippen LogP contribution in [-0.2, 0) is 6.42 Å². The minimum Gasteiger partial charge on any atom is -0.347 e. The van der Waals surface area contributed by atoms with Crippen molar-refractivity contribution < 1.29 is 0 Å². The van der Waals surface area contributed by atoms with Crippen LogP contribution in [0.1, 0.15) is 38.4 Å². The van der Waals surface area contributed by atoms with E-state index in [-0.39, 0.29) is 0 Å². The van der Waals surface area contributed by atoms with Crippen LogP contribution >= 0.6 is 11.5 Å². The molecule has 1 saturated carbocycles. The van der Waals surface area contributed by atoms with Crippen LogP contribution in [0.15, 0.2) is 0 Å². The van der Waals surface area contributed by atoms with E-state index < -0.39 is 0 Å². The zero-order valence-corrected chi connectivity index (χ0v) is 11.9. The van der Waals surface area contributed by atoms with Crippen LogP contribution in [0.5, 0.6) is 0 Å². The lowest BCUT2D eigenvalue weighted by Crippen LogP contribution is -2.37. The highest BCUT2D eigenvalue weighted by Crippen LogP contribution is 2.25. The fourth-order valence-corrected chi connectivity index (χ4v) is 3.27. The highest BCUT2D eigenvalue weighted by atomic mass is 32.1. The van der Waals surface area contributed by atoms with Gasteiger partial charge in [-0.3, -0.25) is 0 Å². The number of rotatable bonds is 5. The molecular formula is C13H22N4S. The van der Waals surface area contributed by atoms with Gasteiger partial charge in [0.05, 0.1) is 0 Å². The average molecular weight is 266 g/mol. The van der Waals surface area contributed by atoms with Crippen molar-refractivity contribution in [3.8, 4) is 0 Å². The van der Waals surface area contributed by atoms with E-state index in [1.165, 1.54) is 32.2 Å². The normalized spacial score (nSPS) is 21.5.